The Kier molecular flexibility index (Phi) is 1.33. The minimum absolute atomic E-state index is 0.190. The van der Waals surface area contributed by atoms with Crippen LogP contribution in [0.5, 0.6) is 0 Å². The van der Waals surface area contributed by atoms with Gasteiger partial charge >= 0.3 is 0 Å². The number of aliphatic hydroxyl groups excluding tert-OH is 3. The predicted octanol–water partition coefficient (Wildman–Crippen LogP) is -1.78. The molecular formula is C7H12O4. The summed E-state index contributed by atoms with van der Waals surface area (Å²) in [6.07, 6.45) is -2.18. The molecule has 2 saturated carbocycles. The summed E-state index contributed by atoms with van der Waals surface area (Å²) in [4.78, 5) is 0. The van der Waals surface area contributed by atoms with Crippen LogP contribution in [0.4, 0.5) is 0 Å². The molecule has 0 aromatic carbocycles. The Labute approximate surface area is 64.1 Å². The highest BCUT2D eigenvalue weighted by Gasteiger charge is 2.60. The van der Waals surface area contributed by atoms with E-state index in [9.17, 15) is 20.4 Å². The summed E-state index contributed by atoms with van der Waals surface area (Å²) < 4.78 is 0. The monoisotopic (exact) mass is 160 g/mol. The highest BCUT2D eigenvalue weighted by molar-refractivity contribution is 5.11. The zero-order valence-corrected chi connectivity index (χ0v) is 6.01. The molecule has 0 spiro atoms. The normalized spacial score (nSPS) is 62.2. The summed E-state index contributed by atoms with van der Waals surface area (Å²) in [6.45, 7) is 0. The van der Waals surface area contributed by atoms with E-state index in [1.54, 1.807) is 0 Å². The zero-order chi connectivity index (χ0) is 8.22. The summed E-state index contributed by atoms with van der Waals surface area (Å²) in [5, 5.41) is 37.3. The highest BCUT2D eigenvalue weighted by atomic mass is 16.4. The zero-order valence-electron chi connectivity index (χ0n) is 6.01. The summed E-state index contributed by atoms with van der Waals surface area (Å²) in [7, 11) is 0. The third-order valence-corrected chi connectivity index (χ3v) is 2.96. The smallest absolute Gasteiger partial charge is 0.109 e. The fraction of sp³-hybridized carbons (Fsp3) is 1.00. The first-order valence-corrected chi connectivity index (χ1v) is 3.81. The molecule has 0 aromatic heterocycles. The number of hydrogen-bond acceptors (Lipinski definition) is 4. The Hall–Kier alpha value is -0.160. The molecule has 4 nitrogen and oxygen atoms in total. The maximum atomic E-state index is 9.58. The van der Waals surface area contributed by atoms with Gasteiger partial charge in [-0.05, 0) is 6.42 Å². The van der Waals surface area contributed by atoms with Crippen molar-refractivity contribution in [1.29, 1.82) is 0 Å². The van der Waals surface area contributed by atoms with Gasteiger partial charge in [-0.15, -0.1) is 0 Å². The molecule has 0 saturated heterocycles. The van der Waals surface area contributed by atoms with Crippen LogP contribution >= 0.6 is 0 Å². The van der Waals surface area contributed by atoms with Gasteiger partial charge in [0.1, 0.15) is 6.10 Å². The quantitative estimate of drug-likeness (QED) is 0.338. The van der Waals surface area contributed by atoms with E-state index in [-0.39, 0.29) is 12.3 Å². The number of fused-ring (bicyclic) bond motifs is 2. The van der Waals surface area contributed by atoms with Gasteiger partial charge in [-0.25, -0.2) is 0 Å². The van der Waals surface area contributed by atoms with E-state index in [1.165, 1.54) is 0 Å². The summed E-state index contributed by atoms with van der Waals surface area (Å²) in [5.41, 5.74) is -1.23. The molecule has 0 heterocycles. The molecule has 2 bridgehead atoms. The van der Waals surface area contributed by atoms with Gasteiger partial charge in [0, 0.05) is 12.3 Å². The van der Waals surface area contributed by atoms with E-state index in [4.69, 9.17) is 0 Å². The van der Waals surface area contributed by atoms with Crippen LogP contribution in [0.3, 0.4) is 0 Å². The van der Waals surface area contributed by atoms with Crippen molar-refractivity contribution in [2.75, 3.05) is 0 Å². The lowest BCUT2D eigenvalue weighted by atomic mass is 9.90. The lowest BCUT2D eigenvalue weighted by molar-refractivity contribution is -0.128. The molecule has 2 fully saturated rings. The van der Waals surface area contributed by atoms with Gasteiger partial charge in [0.15, 0.2) is 0 Å². The number of rotatable bonds is 0. The summed E-state index contributed by atoms with van der Waals surface area (Å²) >= 11 is 0. The Morgan fingerprint density at radius 3 is 2.09 bits per heavy atom. The van der Waals surface area contributed by atoms with Crippen molar-refractivity contribution in [3.63, 3.8) is 0 Å². The third kappa shape index (κ3) is 0.780. The molecule has 64 valence electrons. The average Bonchev–Trinajstić information content (AvgIpc) is 2.32. The van der Waals surface area contributed by atoms with Crippen molar-refractivity contribution >= 4 is 0 Å². The Bertz CT molecular complexity index is 183. The van der Waals surface area contributed by atoms with E-state index in [1.807, 2.05) is 0 Å². The van der Waals surface area contributed by atoms with Crippen molar-refractivity contribution in [3.8, 4) is 0 Å². The fourth-order valence-corrected chi connectivity index (χ4v) is 2.28. The molecule has 2 aliphatic rings. The molecule has 0 amide bonds. The standard InChI is InChI=1S/C7H12O4/c8-4-2-7(11)1-3(4)5(9)6(7)10/h3-6,8-11H,1-2H2. The van der Waals surface area contributed by atoms with Crippen molar-refractivity contribution in [1.82, 2.24) is 0 Å². The molecule has 4 heteroatoms. The molecule has 5 unspecified atom stereocenters. The second-order valence-corrected chi connectivity index (χ2v) is 3.68. The molecule has 11 heavy (non-hydrogen) atoms. The van der Waals surface area contributed by atoms with Crippen LogP contribution in [-0.4, -0.2) is 44.3 Å². The minimum Gasteiger partial charge on any atom is -0.393 e. The van der Waals surface area contributed by atoms with E-state index in [0.717, 1.165) is 0 Å². The van der Waals surface area contributed by atoms with Gasteiger partial charge in [-0.2, -0.15) is 0 Å². The molecule has 0 aliphatic heterocycles. The van der Waals surface area contributed by atoms with E-state index < -0.39 is 23.9 Å². The summed E-state index contributed by atoms with van der Waals surface area (Å²) in [6, 6.07) is 0. The van der Waals surface area contributed by atoms with Gasteiger partial charge in [-0.3, -0.25) is 0 Å². The van der Waals surface area contributed by atoms with Crippen molar-refractivity contribution < 1.29 is 20.4 Å². The van der Waals surface area contributed by atoms with Gasteiger partial charge in [0.25, 0.3) is 0 Å². The highest BCUT2D eigenvalue weighted by Crippen LogP contribution is 2.47. The second kappa shape index (κ2) is 1.95. The first-order chi connectivity index (χ1) is 5.04. The Morgan fingerprint density at radius 1 is 1.09 bits per heavy atom. The van der Waals surface area contributed by atoms with Crippen LogP contribution in [0.1, 0.15) is 12.8 Å². The van der Waals surface area contributed by atoms with Crippen LogP contribution in [0.2, 0.25) is 0 Å². The van der Waals surface area contributed by atoms with Crippen molar-refractivity contribution in [2.24, 2.45) is 5.92 Å². The lowest BCUT2D eigenvalue weighted by Gasteiger charge is -2.31. The topological polar surface area (TPSA) is 80.9 Å². The van der Waals surface area contributed by atoms with Gasteiger partial charge in [-0.1, -0.05) is 0 Å². The summed E-state index contributed by atoms with van der Waals surface area (Å²) in [5.74, 6) is -0.338. The minimum atomic E-state index is -1.23. The van der Waals surface area contributed by atoms with Crippen LogP contribution < -0.4 is 0 Å². The second-order valence-electron chi connectivity index (χ2n) is 3.68. The molecule has 0 aromatic rings. The van der Waals surface area contributed by atoms with Gasteiger partial charge in [0.05, 0.1) is 17.8 Å². The SMILES string of the molecule is OC1CC2(O)CC1C(O)C2O. The Balaban J connectivity index is 2.27. The molecule has 4 N–H and O–H groups in total. The van der Waals surface area contributed by atoms with E-state index in [2.05, 4.69) is 0 Å². The van der Waals surface area contributed by atoms with Crippen molar-refractivity contribution in [2.45, 2.75) is 36.8 Å². The molecule has 0 radical (unpaired) electrons. The van der Waals surface area contributed by atoms with Crippen LogP contribution in [0, 0.1) is 5.92 Å². The molecule has 2 aliphatic carbocycles. The molecular weight excluding hydrogens is 148 g/mol. The first-order valence-electron chi connectivity index (χ1n) is 3.81. The number of hydrogen-bond donors (Lipinski definition) is 4. The Morgan fingerprint density at radius 2 is 1.73 bits per heavy atom. The first kappa shape index (κ1) is 7.49. The average molecular weight is 160 g/mol. The van der Waals surface area contributed by atoms with Crippen LogP contribution in [-0.2, 0) is 0 Å². The predicted molar refractivity (Wildman–Crippen MR) is 35.7 cm³/mol. The molecule has 5 atom stereocenters. The van der Waals surface area contributed by atoms with Crippen LogP contribution in [0.15, 0.2) is 0 Å². The lowest BCUT2D eigenvalue weighted by Crippen LogP contribution is -2.48. The molecule has 2 rings (SSSR count). The fourth-order valence-electron chi connectivity index (χ4n) is 2.28. The maximum absolute atomic E-state index is 9.58. The van der Waals surface area contributed by atoms with Gasteiger partial charge in [0.2, 0.25) is 0 Å². The van der Waals surface area contributed by atoms with E-state index >= 15 is 0 Å². The van der Waals surface area contributed by atoms with Gasteiger partial charge < -0.3 is 20.4 Å². The maximum Gasteiger partial charge on any atom is 0.109 e. The van der Waals surface area contributed by atoms with Crippen LogP contribution in [0.25, 0.3) is 0 Å². The third-order valence-electron chi connectivity index (χ3n) is 2.96. The van der Waals surface area contributed by atoms with E-state index in [0.29, 0.717) is 6.42 Å². The van der Waals surface area contributed by atoms with Crippen molar-refractivity contribution in [3.05, 3.63) is 0 Å². The largest absolute Gasteiger partial charge is 0.393 e. The number of aliphatic hydroxyl groups is 4.